The van der Waals surface area contributed by atoms with Crippen LogP contribution in [0, 0.1) is 5.41 Å². The molecule has 3 N–H and O–H groups in total. The first kappa shape index (κ1) is 13.6. The predicted molar refractivity (Wildman–Crippen MR) is 91.4 cm³/mol. The predicted octanol–water partition coefficient (Wildman–Crippen LogP) is 4.65. The van der Waals surface area contributed by atoms with Gasteiger partial charge < -0.3 is 10.3 Å². The molecule has 0 unspecified atom stereocenters. The van der Waals surface area contributed by atoms with E-state index in [4.69, 9.17) is 11.1 Å². The Morgan fingerprint density at radius 3 is 1.95 bits per heavy atom. The van der Waals surface area contributed by atoms with Crippen LogP contribution in [-0.2, 0) is 6.54 Å². The van der Waals surface area contributed by atoms with Crippen LogP contribution in [-0.4, -0.2) is 10.4 Å². The van der Waals surface area contributed by atoms with Gasteiger partial charge in [0.25, 0.3) is 0 Å². The number of amidine groups is 1. The van der Waals surface area contributed by atoms with Crippen LogP contribution in [0.4, 0.5) is 0 Å². The largest absolute Gasteiger partial charge is 0.388 e. The van der Waals surface area contributed by atoms with Crippen LogP contribution in [0.5, 0.6) is 0 Å². The van der Waals surface area contributed by atoms with Crippen molar-refractivity contribution in [1.82, 2.24) is 4.57 Å². The minimum absolute atomic E-state index is 0.213. The van der Waals surface area contributed by atoms with E-state index in [0.29, 0.717) is 13.0 Å². The normalized spacial score (nSPS) is 11.3. The van der Waals surface area contributed by atoms with Crippen LogP contribution in [0.25, 0.3) is 21.8 Å². The summed E-state index contributed by atoms with van der Waals surface area (Å²) in [4.78, 5) is 0. The average molecular weight is 395 g/mol. The summed E-state index contributed by atoms with van der Waals surface area (Å²) < 4.78 is 4.33. The van der Waals surface area contributed by atoms with Gasteiger partial charge in [-0.05, 0) is 24.3 Å². The standard InChI is InChI=1S/C15H13Br2N3/c16-9-1-3-11-12-4-2-10(17)8-14(12)20(13(11)7-9)6-5-15(18)19/h1-4,7-8H,5-6H2,(H3,18,19). The van der Waals surface area contributed by atoms with Crippen LogP contribution in [0.3, 0.4) is 0 Å². The fourth-order valence-electron chi connectivity index (χ4n) is 2.51. The van der Waals surface area contributed by atoms with Gasteiger partial charge in [0, 0.05) is 32.7 Å². The number of nitrogens with one attached hydrogen (secondary N) is 1. The third-order valence-corrected chi connectivity index (χ3v) is 4.38. The first-order valence-electron chi connectivity index (χ1n) is 6.26. The number of rotatable bonds is 3. The molecule has 0 saturated carbocycles. The van der Waals surface area contributed by atoms with Crippen molar-refractivity contribution in [1.29, 1.82) is 5.41 Å². The fraction of sp³-hybridized carbons (Fsp3) is 0.133. The lowest BCUT2D eigenvalue weighted by molar-refractivity contribution is 0.775. The van der Waals surface area contributed by atoms with E-state index in [1.54, 1.807) is 0 Å². The quantitative estimate of drug-likeness (QED) is 0.493. The monoisotopic (exact) mass is 393 g/mol. The Labute approximate surface area is 133 Å². The van der Waals surface area contributed by atoms with Gasteiger partial charge >= 0.3 is 0 Å². The van der Waals surface area contributed by atoms with E-state index < -0.39 is 0 Å². The summed E-state index contributed by atoms with van der Waals surface area (Å²) in [6.07, 6.45) is 0.553. The maximum Gasteiger partial charge on any atom is 0.0923 e. The summed E-state index contributed by atoms with van der Waals surface area (Å²) in [7, 11) is 0. The third kappa shape index (κ3) is 2.36. The van der Waals surface area contributed by atoms with Crippen molar-refractivity contribution in [3.05, 3.63) is 45.3 Å². The van der Waals surface area contributed by atoms with Gasteiger partial charge in [0.1, 0.15) is 0 Å². The van der Waals surface area contributed by atoms with Gasteiger partial charge in [-0.1, -0.05) is 44.0 Å². The molecule has 0 fully saturated rings. The van der Waals surface area contributed by atoms with Gasteiger partial charge in [-0.2, -0.15) is 0 Å². The number of nitrogens with two attached hydrogens (primary N) is 1. The summed E-state index contributed by atoms with van der Waals surface area (Å²) in [5.41, 5.74) is 7.83. The molecule has 3 rings (SSSR count). The molecule has 0 aliphatic heterocycles. The van der Waals surface area contributed by atoms with Gasteiger partial charge in [-0.3, -0.25) is 5.41 Å². The lowest BCUT2D eigenvalue weighted by Crippen LogP contribution is -2.12. The number of halogens is 2. The van der Waals surface area contributed by atoms with Crippen LogP contribution < -0.4 is 5.73 Å². The van der Waals surface area contributed by atoms with E-state index in [0.717, 1.165) is 20.0 Å². The van der Waals surface area contributed by atoms with Gasteiger partial charge in [0.15, 0.2) is 0 Å². The number of fused-ring (bicyclic) bond motifs is 3. The molecule has 20 heavy (non-hydrogen) atoms. The molecular formula is C15H13Br2N3. The highest BCUT2D eigenvalue weighted by molar-refractivity contribution is 9.10. The van der Waals surface area contributed by atoms with Crippen LogP contribution >= 0.6 is 31.9 Å². The van der Waals surface area contributed by atoms with E-state index in [1.165, 1.54) is 10.8 Å². The molecule has 0 spiro atoms. The number of hydrogen-bond acceptors (Lipinski definition) is 1. The molecule has 5 heteroatoms. The SMILES string of the molecule is N=C(N)CCn1c2cc(Br)ccc2c2ccc(Br)cc21. The van der Waals surface area contributed by atoms with Crippen LogP contribution in [0.1, 0.15) is 6.42 Å². The third-order valence-electron chi connectivity index (χ3n) is 3.40. The second kappa shape index (κ2) is 5.22. The summed E-state index contributed by atoms with van der Waals surface area (Å²) in [5, 5.41) is 9.89. The van der Waals surface area contributed by atoms with Crippen molar-refractivity contribution in [2.75, 3.05) is 0 Å². The Hall–Kier alpha value is -1.33. The minimum atomic E-state index is 0.213. The van der Waals surface area contributed by atoms with Gasteiger partial charge in [0.05, 0.1) is 16.9 Å². The smallest absolute Gasteiger partial charge is 0.0923 e. The lowest BCUT2D eigenvalue weighted by atomic mass is 10.2. The molecule has 3 aromatic rings. The first-order chi connectivity index (χ1) is 9.56. The molecule has 2 aromatic carbocycles. The van der Waals surface area contributed by atoms with Gasteiger partial charge in [-0.15, -0.1) is 0 Å². The van der Waals surface area contributed by atoms with Gasteiger partial charge in [0.2, 0.25) is 0 Å². The lowest BCUT2D eigenvalue weighted by Gasteiger charge is -2.07. The highest BCUT2D eigenvalue weighted by atomic mass is 79.9. The van der Waals surface area contributed by atoms with Crippen molar-refractivity contribution in [3.8, 4) is 0 Å². The van der Waals surface area contributed by atoms with E-state index in [9.17, 15) is 0 Å². The highest BCUT2D eigenvalue weighted by Gasteiger charge is 2.11. The topological polar surface area (TPSA) is 54.8 Å². The second-order valence-corrected chi connectivity index (χ2v) is 6.58. The second-order valence-electron chi connectivity index (χ2n) is 4.75. The molecule has 102 valence electrons. The molecule has 0 aliphatic rings. The zero-order valence-electron chi connectivity index (χ0n) is 10.7. The molecule has 0 saturated heterocycles. The number of nitrogens with zero attached hydrogens (tertiary/aromatic N) is 1. The number of aryl methyl sites for hydroxylation is 1. The van der Waals surface area contributed by atoms with E-state index in [2.05, 4.69) is 72.8 Å². The highest BCUT2D eigenvalue weighted by Crippen LogP contribution is 2.32. The Bertz CT molecular complexity index is 761. The number of benzene rings is 2. The van der Waals surface area contributed by atoms with Crippen molar-refractivity contribution in [2.24, 2.45) is 5.73 Å². The average Bonchev–Trinajstić information content (AvgIpc) is 2.68. The van der Waals surface area contributed by atoms with Crippen molar-refractivity contribution in [3.63, 3.8) is 0 Å². The van der Waals surface area contributed by atoms with Crippen LogP contribution in [0.15, 0.2) is 45.3 Å². The summed E-state index contributed by atoms with van der Waals surface area (Å²) in [5.74, 6) is 0.213. The van der Waals surface area contributed by atoms with Crippen molar-refractivity contribution < 1.29 is 0 Å². The molecule has 0 amide bonds. The first-order valence-corrected chi connectivity index (χ1v) is 7.85. The zero-order chi connectivity index (χ0) is 14.3. The Morgan fingerprint density at radius 2 is 1.50 bits per heavy atom. The van der Waals surface area contributed by atoms with Crippen molar-refractivity contribution >= 4 is 59.5 Å². The maximum atomic E-state index is 7.44. The summed E-state index contributed by atoms with van der Waals surface area (Å²) in [6, 6.07) is 12.6. The number of hydrogen-bond donors (Lipinski definition) is 2. The zero-order valence-corrected chi connectivity index (χ0v) is 13.8. The molecule has 0 radical (unpaired) electrons. The molecule has 0 atom stereocenters. The Balaban J connectivity index is 2.32. The molecule has 3 nitrogen and oxygen atoms in total. The van der Waals surface area contributed by atoms with E-state index in [-0.39, 0.29) is 5.84 Å². The summed E-state index contributed by atoms with van der Waals surface area (Å²) in [6.45, 7) is 0.711. The van der Waals surface area contributed by atoms with Gasteiger partial charge in [-0.25, -0.2) is 0 Å². The fourth-order valence-corrected chi connectivity index (χ4v) is 3.21. The Kier molecular flexibility index (Phi) is 3.56. The van der Waals surface area contributed by atoms with Crippen molar-refractivity contribution in [2.45, 2.75) is 13.0 Å². The molecule has 1 heterocycles. The van der Waals surface area contributed by atoms with E-state index >= 15 is 0 Å². The summed E-state index contributed by atoms with van der Waals surface area (Å²) >= 11 is 7.06. The molecule has 1 aromatic heterocycles. The Morgan fingerprint density at radius 1 is 1.00 bits per heavy atom. The molecular weight excluding hydrogens is 382 g/mol. The van der Waals surface area contributed by atoms with Crippen LogP contribution in [0.2, 0.25) is 0 Å². The molecule has 0 aliphatic carbocycles. The maximum absolute atomic E-state index is 7.44. The minimum Gasteiger partial charge on any atom is -0.388 e. The number of aromatic nitrogens is 1. The van der Waals surface area contributed by atoms with E-state index in [1.807, 2.05) is 0 Å². The molecule has 0 bridgehead atoms.